The lowest BCUT2D eigenvalue weighted by atomic mass is 10.0. The van der Waals surface area contributed by atoms with E-state index in [2.05, 4.69) is 48.6 Å². The molecule has 1 rings (SSSR count). The van der Waals surface area contributed by atoms with E-state index in [-0.39, 0.29) is 5.66 Å². The molecular weight excluding hydrogens is 136 g/mol. The molecule has 0 saturated heterocycles. The van der Waals surface area contributed by atoms with E-state index in [1.807, 2.05) is 7.05 Å². The fraction of sp³-hybridized carbons (Fsp3) is 0.556. The smallest absolute Gasteiger partial charge is 0.0935 e. The van der Waals surface area contributed by atoms with Crippen molar-refractivity contribution < 1.29 is 0 Å². The molecule has 0 radical (unpaired) electrons. The Labute approximate surface area is 68.6 Å². The molecule has 0 aliphatic heterocycles. The molecule has 2 nitrogen and oxygen atoms in total. The van der Waals surface area contributed by atoms with E-state index in [0.717, 1.165) is 6.42 Å². The lowest BCUT2D eigenvalue weighted by molar-refractivity contribution is 0.174. The van der Waals surface area contributed by atoms with Crippen molar-refractivity contribution in [1.29, 1.82) is 0 Å². The van der Waals surface area contributed by atoms with Crippen LogP contribution in [0.25, 0.3) is 0 Å². The van der Waals surface area contributed by atoms with Crippen LogP contribution in [-0.2, 0) is 0 Å². The standard InChI is InChI=1S/C9H16N2/c1-10-9(11(2)3)7-5-4-6-8-9/h4-7,10H,8H2,1-3H3. The average Bonchev–Trinajstić information content (AvgIpc) is 2.05. The minimum atomic E-state index is 0.0365. The molecule has 0 fully saturated rings. The third-order valence-corrected chi connectivity index (χ3v) is 2.28. The molecule has 0 amide bonds. The zero-order valence-corrected chi connectivity index (χ0v) is 7.46. The van der Waals surface area contributed by atoms with E-state index in [0.29, 0.717) is 0 Å². The molecule has 0 bridgehead atoms. The summed E-state index contributed by atoms with van der Waals surface area (Å²) in [6, 6.07) is 0. The first-order valence-electron chi connectivity index (χ1n) is 3.92. The topological polar surface area (TPSA) is 15.3 Å². The first-order chi connectivity index (χ1) is 5.21. The molecule has 62 valence electrons. The molecule has 0 aromatic heterocycles. The molecular formula is C9H16N2. The van der Waals surface area contributed by atoms with E-state index >= 15 is 0 Å². The van der Waals surface area contributed by atoms with Crippen molar-refractivity contribution in [2.75, 3.05) is 21.1 Å². The van der Waals surface area contributed by atoms with Crippen LogP contribution in [0.1, 0.15) is 6.42 Å². The molecule has 0 aromatic rings. The van der Waals surface area contributed by atoms with Gasteiger partial charge in [-0.2, -0.15) is 0 Å². The number of nitrogens with zero attached hydrogens (tertiary/aromatic N) is 1. The minimum Gasteiger partial charge on any atom is -0.299 e. The van der Waals surface area contributed by atoms with Crippen LogP contribution in [0.5, 0.6) is 0 Å². The van der Waals surface area contributed by atoms with Crippen molar-refractivity contribution in [3.8, 4) is 0 Å². The third-order valence-electron chi connectivity index (χ3n) is 2.28. The van der Waals surface area contributed by atoms with Crippen molar-refractivity contribution in [1.82, 2.24) is 10.2 Å². The van der Waals surface area contributed by atoms with Gasteiger partial charge in [-0.1, -0.05) is 18.2 Å². The van der Waals surface area contributed by atoms with Crippen LogP contribution in [0.15, 0.2) is 24.3 Å². The van der Waals surface area contributed by atoms with Gasteiger partial charge in [0.05, 0.1) is 5.66 Å². The summed E-state index contributed by atoms with van der Waals surface area (Å²) in [6.07, 6.45) is 9.57. The zero-order valence-electron chi connectivity index (χ0n) is 7.46. The second kappa shape index (κ2) is 3.20. The summed E-state index contributed by atoms with van der Waals surface area (Å²) < 4.78 is 0. The molecule has 1 N–H and O–H groups in total. The summed E-state index contributed by atoms with van der Waals surface area (Å²) in [6.45, 7) is 0. The Kier molecular flexibility index (Phi) is 2.47. The number of allylic oxidation sites excluding steroid dienone is 2. The van der Waals surface area contributed by atoms with Crippen molar-refractivity contribution in [3.05, 3.63) is 24.3 Å². The fourth-order valence-electron chi connectivity index (χ4n) is 1.35. The highest BCUT2D eigenvalue weighted by Crippen LogP contribution is 2.18. The number of likely N-dealkylation sites (N-methyl/N-ethyl adjacent to an activating group) is 2. The van der Waals surface area contributed by atoms with Gasteiger partial charge in [-0.05, 0) is 27.2 Å². The zero-order chi connectivity index (χ0) is 8.32. The van der Waals surface area contributed by atoms with Crippen LogP contribution in [0, 0.1) is 0 Å². The second-order valence-corrected chi connectivity index (χ2v) is 3.06. The molecule has 0 saturated carbocycles. The predicted molar refractivity (Wildman–Crippen MR) is 48.4 cm³/mol. The Hall–Kier alpha value is -0.600. The van der Waals surface area contributed by atoms with Crippen LogP contribution in [0.4, 0.5) is 0 Å². The van der Waals surface area contributed by atoms with Crippen LogP contribution in [0.3, 0.4) is 0 Å². The maximum atomic E-state index is 3.30. The molecule has 0 heterocycles. The van der Waals surface area contributed by atoms with Gasteiger partial charge in [-0.15, -0.1) is 0 Å². The van der Waals surface area contributed by atoms with E-state index in [4.69, 9.17) is 0 Å². The lowest BCUT2D eigenvalue weighted by Crippen LogP contribution is -2.53. The number of hydrogen-bond acceptors (Lipinski definition) is 2. The normalized spacial score (nSPS) is 29.8. The Morgan fingerprint density at radius 1 is 1.36 bits per heavy atom. The van der Waals surface area contributed by atoms with E-state index in [1.54, 1.807) is 0 Å². The minimum absolute atomic E-state index is 0.0365. The van der Waals surface area contributed by atoms with Crippen molar-refractivity contribution in [2.24, 2.45) is 0 Å². The van der Waals surface area contributed by atoms with Gasteiger partial charge in [0.2, 0.25) is 0 Å². The van der Waals surface area contributed by atoms with Gasteiger partial charge in [0.25, 0.3) is 0 Å². The molecule has 0 aromatic carbocycles. The van der Waals surface area contributed by atoms with Crippen molar-refractivity contribution >= 4 is 0 Å². The average molecular weight is 152 g/mol. The van der Waals surface area contributed by atoms with Gasteiger partial charge < -0.3 is 0 Å². The predicted octanol–water partition coefficient (Wildman–Crippen LogP) is 0.980. The van der Waals surface area contributed by atoms with E-state index in [9.17, 15) is 0 Å². The first kappa shape index (κ1) is 8.50. The molecule has 1 unspecified atom stereocenters. The van der Waals surface area contributed by atoms with Gasteiger partial charge in [0.15, 0.2) is 0 Å². The quantitative estimate of drug-likeness (QED) is 0.593. The summed E-state index contributed by atoms with van der Waals surface area (Å²) in [5.74, 6) is 0. The summed E-state index contributed by atoms with van der Waals surface area (Å²) in [5.41, 5.74) is 0.0365. The molecule has 1 atom stereocenters. The molecule has 1 aliphatic carbocycles. The fourth-order valence-corrected chi connectivity index (χ4v) is 1.35. The van der Waals surface area contributed by atoms with Gasteiger partial charge in [0.1, 0.15) is 0 Å². The highest BCUT2D eigenvalue weighted by Gasteiger charge is 2.26. The molecule has 11 heavy (non-hydrogen) atoms. The Bertz CT molecular complexity index is 182. The van der Waals surface area contributed by atoms with Gasteiger partial charge in [-0.25, -0.2) is 0 Å². The highest BCUT2D eigenvalue weighted by molar-refractivity contribution is 5.19. The maximum Gasteiger partial charge on any atom is 0.0935 e. The first-order valence-corrected chi connectivity index (χ1v) is 3.92. The largest absolute Gasteiger partial charge is 0.299 e. The van der Waals surface area contributed by atoms with Crippen LogP contribution < -0.4 is 5.32 Å². The molecule has 2 heteroatoms. The van der Waals surface area contributed by atoms with Crippen molar-refractivity contribution in [3.63, 3.8) is 0 Å². The second-order valence-electron chi connectivity index (χ2n) is 3.06. The molecule has 0 spiro atoms. The SMILES string of the molecule is CNC1(N(C)C)C=CC=CC1. The summed E-state index contributed by atoms with van der Waals surface area (Å²) in [5, 5.41) is 3.30. The van der Waals surface area contributed by atoms with Crippen LogP contribution in [0.2, 0.25) is 0 Å². The number of nitrogens with one attached hydrogen (secondary N) is 1. The van der Waals surface area contributed by atoms with E-state index in [1.165, 1.54) is 0 Å². The van der Waals surface area contributed by atoms with Gasteiger partial charge in [0, 0.05) is 6.42 Å². The van der Waals surface area contributed by atoms with E-state index < -0.39 is 0 Å². The van der Waals surface area contributed by atoms with Crippen LogP contribution >= 0.6 is 0 Å². The Balaban J connectivity index is 2.77. The summed E-state index contributed by atoms with van der Waals surface area (Å²) >= 11 is 0. The van der Waals surface area contributed by atoms with Gasteiger partial charge in [-0.3, -0.25) is 10.2 Å². The lowest BCUT2D eigenvalue weighted by Gasteiger charge is -2.37. The monoisotopic (exact) mass is 152 g/mol. The van der Waals surface area contributed by atoms with Crippen LogP contribution in [-0.4, -0.2) is 31.7 Å². The van der Waals surface area contributed by atoms with Gasteiger partial charge >= 0.3 is 0 Å². The summed E-state index contributed by atoms with van der Waals surface area (Å²) in [4.78, 5) is 2.19. The third kappa shape index (κ3) is 1.52. The Morgan fingerprint density at radius 3 is 2.36 bits per heavy atom. The highest BCUT2D eigenvalue weighted by atomic mass is 15.3. The maximum absolute atomic E-state index is 3.30. The summed E-state index contributed by atoms with van der Waals surface area (Å²) in [7, 11) is 6.16. The molecule has 1 aliphatic rings. The van der Waals surface area contributed by atoms with Crippen molar-refractivity contribution in [2.45, 2.75) is 12.1 Å². The number of hydrogen-bond donors (Lipinski definition) is 1. The Morgan fingerprint density at radius 2 is 2.09 bits per heavy atom. The number of rotatable bonds is 2.